The molecule has 1 fully saturated rings. The average Bonchev–Trinajstić information content (AvgIpc) is 2.79. The molecule has 1 aliphatic heterocycles. The van der Waals surface area contributed by atoms with E-state index in [2.05, 4.69) is 36.1 Å². The van der Waals surface area contributed by atoms with Gasteiger partial charge in [0.25, 0.3) is 0 Å². The van der Waals surface area contributed by atoms with Crippen molar-refractivity contribution >= 4 is 5.91 Å². The van der Waals surface area contributed by atoms with Crippen LogP contribution in [0.1, 0.15) is 25.8 Å². The molecule has 1 aliphatic rings. The highest BCUT2D eigenvalue weighted by molar-refractivity contribution is 5.73. The maximum absolute atomic E-state index is 11.5. The molecule has 1 heterocycles. The highest BCUT2D eigenvalue weighted by atomic mass is 16.2. The van der Waals surface area contributed by atoms with Gasteiger partial charge in [0, 0.05) is 39.1 Å². The van der Waals surface area contributed by atoms with Crippen LogP contribution in [0.4, 0.5) is 0 Å². The van der Waals surface area contributed by atoms with Gasteiger partial charge in [-0.2, -0.15) is 0 Å². The lowest BCUT2D eigenvalue weighted by atomic mass is 10.2. The molecule has 1 atom stereocenters. The zero-order valence-electron chi connectivity index (χ0n) is 11.3. The lowest BCUT2D eigenvalue weighted by Crippen LogP contribution is -2.40. The van der Waals surface area contributed by atoms with Crippen LogP contribution >= 0.6 is 0 Å². The molecule has 0 aliphatic carbocycles. The molecule has 1 unspecified atom stereocenters. The first-order valence-corrected chi connectivity index (χ1v) is 6.74. The minimum Gasteiger partial charge on any atom is -0.339 e. The number of hydrogen-bond acceptors (Lipinski definition) is 2. The lowest BCUT2D eigenvalue weighted by molar-refractivity contribution is -0.130. The molecule has 1 saturated heterocycles. The Morgan fingerprint density at radius 2 is 2.11 bits per heavy atom. The van der Waals surface area contributed by atoms with Gasteiger partial charge in [0.15, 0.2) is 0 Å². The zero-order valence-corrected chi connectivity index (χ0v) is 11.3. The van der Waals surface area contributed by atoms with E-state index in [9.17, 15) is 4.79 Å². The normalized spacial score (nSPS) is 20.0. The summed E-state index contributed by atoms with van der Waals surface area (Å²) >= 11 is 0. The van der Waals surface area contributed by atoms with Gasteiger partial charge < -0.3 is 4.90 Å². The number of hydrogen-bond donors (Lipinski definition) is 0. The van der Waals surface area contributed by atoms with Gasteiger partial charge in [0.1, 0.15) is 0 Å². The lowest BCUT2D eigenvalue weighted by Gasteiger charge is -2.26. The van der Waals surface area contributed by atoms with Crippen molar-refractivity contribution in [1.29, 1.82) is 0 Å². The molecule has 0 radical (unpaired) electrons. The van der Waals surface area contributed by atoms with Crippen LogP contribution in [0, 0.1) is 0 Å². The molecule has 2 rings (SSSR count). The molecule has 1 aromatic carbocycles. The van der Waals surface area contributed by atoms with Gasteiger partial charge >= 0.3 is 0 Å². The van der Waals surface area contributed by atoms with E-state index < -0.39 is 0 Å². The predicted octanol–water partition coefficient (Wildman–Crippen LogP) is 2.13. The minimum absolute atomic E-state index is 0.198. The van der Waals surface area contributed by atoms with Gasteiger partial charge in [-0.25, -0.2) is 0 Å². The number of amides is 1. The van der Waals surface area contributed by atoms with E-state index in [1.807, 2.05) is 11.0 Å². The topological polar surface area (TPSA) is 23.6 Å². The molecule has 18 heavy (non-hydrogen) atoms. The Labute approximate surface area is 109 Å². The van der Waals surface area contributed by atoms with Crippen molar-refractivity contribution in [3.8, 4) is 0 Å². The molecule has 0 N–H and O–H groups in total. The molecule has 0 spiro atoms. The van der Waals surface area contributed by atoms with Gasteiger partial charge in [-0.1, -0.05) is 30.3 Å². The molecule has 1 aromatic rings. The number of nitrogens with zero attached hydrogens (tertiary/aromatic N) is 2. The van der Waals surface area contributed by atoms with Crippen molar-refractivity contribution in [1.82, 2.24) is 9.80 Å². The van der Waals surface area contributed by atoms with E-state index in [1.54, 1.807) is 6.92 Å². The monoisotopic (exact) mass is 246 g/mol. The minimum atomic E-state index is 0.198. The SMILES string of the molecule is CCN(C(C)=O)C1CCN(Cc2ccccc2)C1. The molecule has 1 amide bonds. The maximum Gasteiger partial charge on any atom is 0.219 e. The van der Waals surface area contributed by atoms with E-state index in [4.69, 9.17) is 0 Å². The highest BCUT2D eigenvalue weighted by Crippen LogP contribution is 2.18. The molecule has 0 bridgehead atoms. The van der Waals surface area contributed by atoms with Crippen molar-refractivity contribution in [3.05, 3.63) is 35.9 Å². The van der Waals surface area contributed by atoms with Crippen molar-refractivity contribution in [2.45, 2.75) is 32.9 Å². The molecule has 98 valence electrons. The van der Waals surface area contributed by atoms with Crippen molar-refractivity contribution in [2.24, 2.45) is 0 Å². The van der Waals surface area contributed by atoms with Gasteiger partial charge in [-0.15, -0.1) is 0 Å². The van der Waals surface area contributed by atoms with E-state index in [-0.39, 0.29) is 5.91 Å². The molecule has 0 aromatic heterocycles. The second-order valence-electron chi connectivity index (χ2n) is 4.97. The number of rotatable bonds is 4. The van der Waals surface area contributed by atoms with Crippen LogP contribution in [-0.4, -0.2) is 41.4 Å². The summed E-state index contributed by atoms with van der Waals surface area (Å²) in [6.45, 7) is 7.63. The Hall–Kier alpha value is -1.35. The number of carbonyl (C=O) groups excluding carboxylic acids is 1. The van der Waals surface area contributed by atoms with Crippen LogP contribution < -0.4 is 0 Å². The smallest absolute Gasteiger partial charge is 0.219 e. The van der Waals surface area contributed by atoms with E-state index in [1.165, 1.54) is 5.56 Å². The first-order chi connectivity index (χ1) is 8.70. The summed E-state index contributed by atoms with van der Waals surface area (Å²) in [7, 11) is 0. The van der Waals surface area contributed by atoms with Crippen LogP contribution in [0.5, 0.6) is 0 Å². The Morgan fingerprint density at radius 1 is 1.39 bits per heavy atom. The van der Waals surface area contributed by atoms with Crippen LogP contribution in [0.2, 0.25) is 0 Å². The summed E-state index contributed by atoms with van der Waals surface area (Å²) in [5.41, 5.74) is 1.35. The van der Waals surface area contributed by atoms with Crippen LogP contribution in [0.3, 0.4) is 0 Å². The van der Waals surface area contributed by atoms with Crippen molar-refractivity contribution < 1.29 is 4.79 Å². The molecular weight excluding hydrogens is 224 g/mol. The number of carbonyl (C=O) groups is 1. The third-order valence-electron chi connectivity index (χ3n) is 3.68. The van der Waals surface area contributed by atoms with Gasteiger partial charge in [-0.05, 0) is 18.9 Å². The fourth-order valence-electron chi connectivity index (χ4n) is 2.79. The summed E-state index contributed by atoms with van der Waals surface area (Å²) in [6.07, 6.45) is 1.10. The number of benzene rings is 1. The van der Waals surface area contributed by atoms with Crippen LogP contribution in [0.25, 0.3) is 0 Å². The second kappa shape index (κ2) is 6.01. The van der Waals surface area contributed by atoms with Crippen molar-refractivity contribution in [3.63, 3.8) is 0 Å². The van der Waals surface area contributed by atoms with E-state index in [0.29, 0.717) is 6.04 Å². The zero-order chi connectivity index (χ0) is 13.0. The summed E-state index contributed by atoms with van der Waals surface area (Å²) in [4.78, 5) is 16.0. The van der Waals surface area contributed by atoms with Crippen LogP contribution in [0.15, 0.2) is 30.3 Å². The number of likely N-dealkylation sites (tertiary alicyclic amines) is 1. The Kier molecular flexibility index (Phi) is 4.37. The van der Waals surface area contributed by atoms with Crippen LogP contribution in [-0.2, 0) is 11.3 Å². The first-order valence-electron chi connectivity index (χ1n) is 6.74. The third-order valence-corrected chi connectivity index (χ3v) is 3.68. The Morgan fingerprint density at radius 3 is 2.72 bits per heavy atom. The van der Waals surface area contributed by atoms with Gasteiger partial charge in [-0.3, -0.25) is 9.69 Å². The fraction of sp³-hybridized carbons (Fsp3) is 0.533. The quantitative estimate of drug-likeness (QED) is 0.812. The molecular formula is C15H22N2O. The molecule has 3 heteroatoms. The summed E-state index contributed by atoms with van der Waals surface area (Å²) in [5.74, 6) is 0.198. The van der Waals surface area contributed by atoms with E-state index >= 15 is 0 Å². The third kappa shape index (κ3) is 3.10. The molecule has 0 saturated carbocycles. The maximum atomic E-state index is 11.5. The first kappa shape index (κ1) is 13.1. The number of likely N-dealkylation sites (N-methyl/N-ethyl adjacent to an activating group) is 1. The largest absolute Gasteiger partial charge is 0.339 e. The highest BCUT2D eigenvalue weighted by Gasteiger charge is 2.27. The fourth-order valence-corrected chi connectivity index (χ4v) is 2.79. The standard InChI is InChI=1S/C15H22N2O/c1-3-17(13(2)18)15-9-10-16(12-15)11-14-7-5-4-6-8-14/h4-8,15H,3,9-12H2,1-2H3. The Balaban J connectivity index is 1.90. The summed E-state index contributed by atoms with van der Waals surface area (Å²) in [6, 6.07) is 10.9. The average molecular weight is 246 g/mol. The Bertz CT molecular complexity index is 391. The van der Waals surface area contributed by atoms with Gasteiger partial charge in [0.05, 0.1) is 0 Å². The van der Waals surface area contributed by atoms with E-state index in [0.717, 1.165) is 32.6 Å². The second-order valence-corrected chi connectivity index (χ2v) is 4.97. The summed E-state index contributed by atoms with van der Waals surface area (Å²) in [5, 5.41) is 0. The van der Waals surface area contributed by atoms with Crippen molar-refractivity contribution in [2.75, 3.05) is 19.6 Å². The summed E-state index contributed by atoms with van der Waals surface area (Å²) < 4.78 is 0. The van der Waals surface area contributed by atoms with Gasteiger partial charge in [0.2, 0.25) is 5.91 Å². The molecule has 3 nitrogen and oxygen atoms in total. The predicted molar refractivity (Wildman–Crippen MR) is 73.2 cm³/mol.